The first-order chi connectivity index (χ1) is 11.4. The van der Waals surface area contributed by atoms with E-state index in [1.807, 2.05) is 0 Å². The number of nitrogens with zero attached hydrogens (tertiary/aromatic N) is 1. The number of sulfonamides is 1. The van der Waals surface area contributed by atoms with E-state index in [9.17, 15) is 13.5 Å². The van der Waals surface area contributed by atoms with Gasteiger partial charge < -0.3 is 14.6 Å². The average molecular weight is 355 g/mol. The van der Waals surface area contributed by atoms with Gasteiger partial charge in [-0.1, -0.05) is 6.42 Å². The van der Waals surface area contributed by atoms with Gasteiger partial charge in [0.05, 0.1) is 25.2 Å². The maximum absolute atomic E-state index is 13.0. The highest BCUT2D eigenvalue weighted by Crippen LogP contribution is 2.46. The minimum atomic E-state index is -3.62. The highest BCUT2D eigenvalue weighted by Gasteiger charge is 2.47. The van der Waals surface area contributed by atoms with Gasteiger partial charge >= 0.3 is 0 Å². The van der Waals surface area contributed by atoms with E-state index in [0.717, 1.165) is 32.1 Å². The first kappa shape index (κ1) is 17.5. The number of hydrogen-bond donors (Lipinski definition) is 1. The number of piperidine rings is 1. The Morgan fingerprint density at radius 2 is 1.88 bits per heavy atom. The molecule has 134 valence electrons. The Morgan fingerprint density at radius 1 is 1.17 bits per heavy atom. The standard InChI is InChI=1S/C17H25NO5S/c1-22-14-7-6-13(11-15(14)23-2)24(20,21)18-10-4-9-17(12-18)8-3-5-16(17)19/h6-7,11,16,19H,3-5,8-10,12H2,1-2H3/t16-,17-/m1/s1. The van der Waals surface area contributed by atoms with Crippen molar-refractivity contribution in [1.82, 2.24) is 4.31 Å². The van der Waals surface area contributed by atoms with Crippen LogP contribution in [0, 0.1) is 5.41 Å². The molecule has 7 heteroatoms. The van der Waals surface area contributed by atoms with Gasteiger partial charge in [-0.25, -0.2) is 8.42 Å². The van der Waals surface area contributed by atoms with Crippen LogP contribution in [0.1, 0.15) is 32.1 Å². The number of methoxy groups -OCH3 is 2. The first-order valence-electron chi connectivity index (χ1n) is 8.33. The molecule has 0 bridgehead atoms. The summed E-state index contributed by atoms with van der Waals surface area (Å²) in [4.78, 5) is 0.199. The van der Waals surface area contributed by atoms with E-state index < -0.39 is 16.1 Å². The van der Waals surface area contributed by atoms with Crippen LogP contribution in [0.2, 0.25) is 0 Å². The molecule has 0 amide bonds. The van der Waals surface area contributed by atoms with Crippen molar-refractivity contribution >= 4 is 10.0 Å². The summed E-state index contributed by atoms with van der Waals surface area (Å²) in [5, 5.41) is 10.4. The van der Waals surface area contributed by atoms with Crippen molar-refractivity contribution in [3.8, 4) is 11.5 Å². The third-order valence-corrected chi connectivity index (χ3v) is 7.27. The lowest BCUT2D eigenvalue weighted by molar-refractivity contribution is 0.0127. The molecule has 1 N–H and O–H groups in total. The molecule has 3 rings (SSSR count). The van der Waals surface area contributed by atoms with Crippen molar-refractivity contribution in [2.45, 2.75) is 43.1 Å². The van der Waals surface area contributed by atoms with Gasteiger partial charge in [0, 0.05) is 24.6 Å². The van der Waals surface area contributed by atoms with E-state index in [0.29, 0.717) is 24.6 Å². The number of hydrogen-bond acceptors (Lipinski definition) is 5. The van der Waals surface area contributed by atoms with Gasteiger partial charge in [-0.05, 0) is 37.8 Å². The average Bonchev–Trinajstić information content (AvgIpc) is 2.94. The van der Waals surface area contributed by atoms with E-state index in [-0.39, 0.29) is 10.3 Å². The summed E-state index contributed by atoms with van der Waals surface area (Å²) in [6, 6.07) is 4.65. The number of aliphatic hydroxyl groups excluding tert-OH is 1. The molecular weight excluding hydrogens is 330 g/mol. The second kappa shape index (κ2) is 6.54. The molecule has 2 atom stereocenters. The fourth-order valence-corrected chi connectivity index (χ4v) is 5.63. The number of aliphatic hydroxyl groups is 1. The number of benzene rings is 1. The molecule has 1 heterocycles. The molecule has 0 aromatic heterocycles. The van der Waals surface area contributed by atoms with Gasteiger partial charge in [-0.15, -0.1) is 0 Å². The normalized spacial score (nSPS) is 28.2. The third kappa shape index (κ3) is 2.89. The van der Waals surface area contributed by atoms with Crippen molar-refractivity contribution in [3.05, 3.63) is 18.2 Å². The molecule has 0 unspecified atom stereocenters. The maximum Gasteiger partial charge on any atom is 0.243 e. The second-order valence-corrected chi connectivity index (χ2v) is 8.67. The minimum absolute atomic E-state index is 0.199. The van der Waals surface area contributed by atoms with E-state index in [2.05, 4.69) is 0 Å². The molecule has 6 nitrogen and oxygen atoms in total. The lowest BCUT2D eigenvalue weighted by Gasteiger charge is -2.41. The van der Waals surface area contributed by atoms with E-state index >= 15 is 0 Å². The smallest absolute Gasteiger partial charge is 0.243 e. The molecule has 1 spiro atoms. The Morgan fingerprint density at radius 3 is 2.50 bits per heavy atom. The Kier molecular flexibility index (Phi) is 4.77. The molecule has 1 aliphatic carbocycles. The lowest BCUT2D eigenvalue weighted by atomic mass is 9.77. The lowest BCUT2D eigenvalue weighted by Crippen LogP contribution is -2.49. The predicted molar refractivity (Wildman–Crippen MR) is 89.8 cm³/mol. The summed E-state index contributed by atoms with van der Waals surface area (Å²) in [5.74, 6) is 0.893. The largest absolute Gasteiger partial charge is 0.493 e. The van der Waals surface area contributed by atoms with Gasteiger partial charge in [0.15, 0.2) is 11.5 Å². The first-order valence-corrected chi connectivity index (χ1v) is 9.77. The molecule has 2 aliphatic rings. The Labute approximate surface area is 143 Å². The van der Waals surface area contributed by atoms with Crippen LogP contribution in [0.15, 0.2) is 23.1 Å². The molecule has 1 aliphatic heterocycles. The molecule has 24 heavy (non-hydrogen) atoms. The van der Waals surface area contributed by atoms with Crippen LogP contribution in [-0.2, 0) is 10.0 Å². The zero-order valence-electron chi connectivity index (χ0n) is 14.2. The van der Waals surface area contributed by atoms with Crippen LogP contribution >= 0.6 is 0 Å². The molecular formula is C17H25NO5S. The summed E-state index contributed by atoms with van der Waals surface area (Å²) < 4.78 is 38.0. The quantitative estimate of drug-likeness (QED) is 0.894. The van der Waals surface area contributed by atoms with E-state index in [4.69, 9.17) is 9.47 Å². The van der Waals surface area contributed by atoms with Gasteiger partial charge in [-0.2, -0.15) is 4.31 Å². The molecule has 1 saturated carbocycles. The number of rotatable bonds is 4. The SMILES string of the molecule is COc1ccc(S(=O)(=O)N2CCC[C@]3(CCC[C@H]3O)C2)cc1OC. The zero-order valence-corrected chi connectivity index (χ0v) is 15.0. The van der Waals surface area contributed by atoms with Gasteiger partial charge in [0.2, 0.25) is 10.0 Å². The highest BCUT2D eigenvalue weighted by molar-refractivity contribution is 7.89. The third-order valence-electron chi connectivity index (χ3n) is 5.43. The Hall–Kier alpha value is -1.31. The molecule has 0 radical (unpaired) electrons. The van der Waals surface area contributed by atoms with Crippen LogP contribution in [0.5, 0.6) is 11.5 Å². The summed E-state index contributed by atoms with van der Waals surface area (Å²) in [6.45, 7) is 0.885. The van der Waals surface area contributed by atoms with Crippen LogP contribution in [0.4, 0.5) is 0 Å². The van der Waals surface area contributed by atoms with E-state index in [1.54, 1.807) is 12.1 Å². The maximum atomic E-state index is 13.0. The highest BCUT2D eigenvalue weighted by atomic mass is 32.2. The number of ether oxygens (including phenoxy) is 2. The fourth-order valence-electron chi connectivity index (χ4n) is 4.04. The topological polar surface area (TPSA) is 76.1 Å². The van der Waals surface area contributed by atoms with Crippen LogP contribution in [-0.4, -0.2) is 51.2 Å². The summed E-state index contributed by atoms with van der Waals surface area (Å²) in [7, 11) is -0.619. The molecule has 2 fully saturated rings. The van der Waals surface area contributed by atoms with Crippen molar-refractivity contribution < 1.29 is 23.0 Å². The second-order valence-electron chi connectivity index (χ2n) is 6.73. The fraction of sp³-hybridized carbons (Fsp3) is 0.647. The summed E-state index contributed by atoms with van der Waals surface area (Å²) in [5.41, 5.74) is -0.276. The predicted octanol–water partition coefficient (Wildman–Crippen LogP) is 2.02. The van der Waals surface area contributed by atoms with Crippen molar-refractivity contribution in [2.24, 2.45) is 5.41 Å². The monoisotopic (exact) mass is 355 g/mol. The zero-order chi connectivity index (χ0) is 17.4. The molecule has 1 saturated heterocycles. The van der Waals surface area contributed by atoms with Crippen LogP contribution < -0.4 is 9.47 Å². The van der Waals surface area contributed by atoms with Crippen LogP contribution in [0.25, 0.3) is 0 Å². The minimum Gasteiger partial charge on any atom is -0.493 e. The van der Waals surface area contributed by atoms with Crippen molar-refractivity contribution in [1.29, 1.82) is 0 Å². The van der Waals surface area contributed by atoms with Crippen LogP contribution in [0.3, 0.4) is 0 Å². The van der Waals surface area contributed by atoms with Gasteiger partial charge in [-0.3, -0.25) is 0 Å². The Bertz CT molecular complexity index is 705. The van der Waals surface area contributed by atoms with E-state index in [1.165, 1.54) is 24.6 Å². The van der Waals surface area contributed by atoms with Gasteiger partial charge in [0.1, 0.15) is 0 Å². The van der Waals surface area contributed by atoms with Crippen molar-refractivity contribution in [2.75, 3.05) is 27.3 Å². The summed E-state index contributed by atoms with van der Waals surface area (Å²) in [6.07, 6.45) is 3.90. The molecule has 1 aromatic carbocycles. The summed E-state index contributed by atoms with van der Waals surface area (Å²) >= 11 is 0. The molecule has 1 aromatic rings. The van der Waals surface area contributed by atoms with Gasteiger partial charge in [0.25, 0.3) is 0 Å². The van der Waals surface area contributed by atoms with Crippen molar-refractivity contribution in [3.63, 3.8) is 0 Å². The Balaban J connectivity index is 1.90.